The molecule has 1 unspecified atom stereocenters. The predicted molar refractivity (Wildman–Crippen MR) is 58.2 cm³/mol. The quantitative estimate of drug-likeness (QED) is 0.773. The summed E-state index contributed by atoms with van der Waals surface area (Å²) in [6.07, 6.45) is 4.48. The standard InChI is InChI=1S/C10H14O2.BrH/c1-7-4-8(2)6-10(3,5-7)9(11)12;/h4-5H,6H2,1-3H3,(H,11,12);1H. The van der Waals surface area contributed by atoms with E-state index in [0.29, 0.717) is 6.42 Å². The van der Waals surface area contributed by atoms with Crippen molar-refractivity contribution in [2.45, 2.75) is 27.2 Å². The number of carboxylic acids is 1. The first-order chi connectivity index (χ1) is 5.44. The zero-order chi connectivity index (χ0) is 9.35. The lowest BCUT2D eigenvalue weighted by molar-refractivity contribution is -0.145. The van der Waals surface area contributed by atoms with E-state index >= 15 is 0 Å². The number of rotatable bonds is 1. The fourth-order valence-electron chi connectivity index (χ4n) is 1.75. The highest BCUT2D eigenvalue weighted by Crippen LogP contribution is 2.33. The molecule has 0 saturated heterocycles. The molecule has 1 N–H and O–H groups in total. The predicted octanol–water partition coefficient (Wildman–Crippen LogP) is 2.95. The van der Waals surface area contributed by atoms with E-state index in [0.717, 1.165) is 11.1 Å². The highest BCUT2D eigenvalue weighted by Gasteiger charge is 2.32. The molecule has 0 aromatic carbocycles. The molecular weight excluding hydrogens is 232 g/mol. The summed E-state index contributed by atoms with van der Waals surface area (Å²) < 4.78 is 0. The summed E-state index contributed by atoms with van der Waals surface area (Å²) in [5.41, 5.74) is 1.49. The van der Waals surface area contributed by atoms with Gasteiger partial charge in [-0.25, -0.2) is 0 Å². The fourth-order valence-corrected chi connectivity index (χ4v) is 1.75. The molecule has 0 amide bonds. The third-order valence-corrected chi connectivity index (χ3v) is 2.15. The summed E-state index contributed by atoms with van der Waals surface area (Å²) >= 11 is 0. The lowest BCUT2D eigenvalue weighted by Gasteiger charge is -2.25. The Morgan fingerprint density at radius 2 is 2.08 bits per heavy atom. The van der Waals surface area contributed by atoms with Crippen LogP contribution in [0.3, 0.4) is 0 Å². The smallest absolute Gasteiger partial charge is 0.313 e. The van der Waals surface area contributed by atoms with E-state index < -0.39 is 11.4 Å². The van der Waals surface area contributed by atoms with Gasteiger partial charge in [0.25, 0.3) is 0 Å². The highest BCUT2D eigenvalue weighted by molar-refractivity contribution is 8.93. The molecular formula is C10H15BrO2. The second kappa shape index (κ2) is 4.09. The van der Waals surface area contributed by atoms with Crippen molar-refractivity contribution in [2.24, 2.45) is 5.41 Å². The molecule has 0 heterocycles. The van der Waals surface area contributed by atoms with Crippen LogP contribution in [0.2, 0.25) is 0 Å². The van der Waals surface area contributed by atoms with Crippen molar-refractivity contribution in [3.05, 3.63) is 23.3 Å². The molecule has 0 bridgehead atoms. The molecule has 0 spiro atoms. The molecule has 2 nitrogen and oxygen atoms in total. The van der Waals surface area contributed by atoms with Crippen LogP contribution in [0, 0.1) is 5.41 Å². The van der Waals surface area contributed by atoms with Crippen LogP contribution in [-0.4, -0.2) is 11.1 Å². The Bertz CT molecular complexity index is 279. The van der Waals surface area contributed by atoms with Crippen molar-refractivity contribution in [3.63, 3.8) is 0 Å². The van der Waals surface area contributed by atoms with Crippen LogP contribution in [0.1, 0.15) is 27.2 Å². The number of hydrogen-bond acceptors (Lipinski definition) is 1. The number of hydrogen-bond donors (Lipinski definition) is 1. The third-order valence-electron chi connectivity index (χ3n) is 2.15. The van der Waals surface area contributed by atoms with Crippen LogP contribution in [-0.2, 0) is 4.79 Å². The van der Waals surface area contributed by atoms with Crippen molar-refractivity contribution < 1.29 is 9.90 Å². The molecule has 0 aromatic rings. The summed E-state index contributed by atoms with van der Waals surface area (Å²) in [6, 6.07) is 0. The highest BCUT2D eigenvalue weighted by atomic mass is 79.9. The van der Waals surface area contributed by atoms with Crippen LogP contribution in [0.25, 0.3) is 0 Å². The maximum Gasteiger partial charge on any atom is 0.313 e. The van der Waals surface area contributed by atoms with Gasteiger partial charge in [-0.1, -0.05) is 23.3 Å². The zero-order valence-corrected chi connectivity index (χ0v) is 9.84. The van der Waals surface area contributed by atoms with Gasteiger partial charge >= 0.3 is 5.97 Å². The molecule has 0 saturated carbocycles. The van der Waals surface area contributed by atoms with E-state index in [1.807, 2.05) is 26.0 Å². The van der Waals surface area contributed by atoms with Crippen LogP contribution in [0.4, 0.5) is 0 Å². The topological polar surface area (TPSA) is 37.3 Å². The molecule has 1 aliphatic carbocycles. The van der Waals surface area contributed by atoms with Gasteiger partial charge in [-0.2, -0.15) is 0 Å². The number of aliphatic carboxylic acids is 1. The normalized spacial score (nSPS) is 27.0. The van der Waals surface area contributed by atoms with Crippen molar-refractivity contribution >= 4 is 23.0 Å². The molecule has 74 valence electrons. The second-order valence-corrected chi connectivity index (χ2v) is 3.78. The van der Waals surface area contributed by atoms with Crippen LogP contribution in [0.15, 0.2) is 23.3 Å². The van der Waals surface area contributed by atoms with Crippen LogP contribution >= 0.6 is 17.0 Å². The molecule has 0 aromatic heterocycles. The lowest BCUT2D eigenvalue weighted by atomic mass is 9.78. The Labute approximate surface area is 89.1 Å². The molecule has 13 heavy (non-hydrogen) atoms. The molecule has 3 heteroatoms. The Morgan fingerprint density at radius 3 is 2.46 bits per heavy atom. The van der Waals surface area contributed by atoms with Crippen molar-refractivity contribution in [1.29, 1.82) is 0 Å². The summed E-state index contributed by atoms with van der Waals surface area (Å²) in [7, 11) is 0. The number of carbonyl (C=O) groups is 1. The summed E-state index contributed by atoms with van der Waals surface area (Å²) in [5.74, 6) is -0.741. The first-order valence-corrected chi connectivity index (χ1v) is 4.04. The first-order valence-electron chi connectivity index (χ1n) is 4.04. The average Bonchev–Trinajstić information content (AvgIpc) is 1.82. The average molecular weight is 247 g/mol. The van der Waals surface area contributed by atoms with Crippen molar-refractivity contribution in [3.8, 4) is 0 Å². The summed E-state index contributed by atoms with van der Waals surface area (Å²) in [4.78, 5) is 10.9. The molecule has 1 aliphatic rings. The monoisotopic (exact) mass is 246 g/mol. The van der Waals surface area contributed by atoms with Gasteiger partial charge in [0.1, 0.15) is 0 Å². The van der Waals surface area contributed by atoms with E-state index in [2.05, 4.69) is 0 Å². The number of halogens is 1. The van der Waals surface area contributed by atoms with Gasteiger partial charge < -0.3 is 5.11 Å². The summed E-state index contributed by atoms with van der Waals surface area (Å²) in [5, 5.41) is 8.96. The van der Waals surface area contributed by atoms with E-state index in [1.165, 1.54) is 0 Å². The van der Waals surface area contributed by atoms with Gasteiger partial charge in [0.2, 0.25) is 0 Å². The first kappa shape index (κ1) is 12.4. The Hall–Kier alpha value is -0.570. The molecule has 1 atom stereocenters. The third kappa shape index (κ3) is 2.69. The largest absolute Gasteiger partial charge is 0.481 e. The van der Waals surface area contributed by atoms with Gasteiger partial charge in [-0.15, -0.1) is 17.0 Å². The Kier molecular flexibility index (Phi) is 3.91. The van der Waals surface area contributed by atoms with E-state index in [9.17, 15) is 4.79 Å². The van der Waals surface area contributed by atoms with Gasteiger partial charge in [0, 0.05) is 0 Å². The molecule has 0 aliphatic heterocycles. The minimum Gasteiger partial charge on any atom is -0.481 e. The molecule has 0 fully saturated rings. The van der Waals surface area contributed by atoms with Crippen molar-refractivity contribution in [2.75, 3.05) is 0 Å². The number of carboxylic acid groups (broad SMARTS) is 1. The zero-order valence-electron chi connectivity index (χ0n) is 8.13. The Balaban J connectivity index is 0.00000144. The minimum atomic E-state index is -0.741. The van der Waals surface area contributed by atoms with Gasteiger partial charge in [0.05, 0.1) is 5.41 Å². The van der Waals surface area contributed by atoms with E-state index in [-0.39, 0.29) is 17.0 Å². The molecule has 1 rings (SSSR count). The van der Waals surface area contributed by atoms with E-state index in [1.54, 1.807) is 6.92 Å². The lowest BCUT2D eigenvalue weighted by Crippen LogP contribution is -2.27. The SMILES string of the molecule is Br.CC1=CC(C)(C(=O)O)CC(C)=C1. The molecule has 0 radical (unpaired) electrons. The minimum absolute atomic E-state index is 0. The van der Waals surface area contributed by atoms with Crippen LogP contribution in [0.5, 0.6) is 0 Å². The summed E-state index contributed by atoms with van der Waals surface area (Å²) in [6.45, 7) is 5.66. The van der Waals surface area contributed by atoms with Gasteiger partial charge in [-0.3, -0.25) is 4.79 Å². The van der Waals surface area contributed by atoms with Gasteiger partial charge in [0.15, 0.2) is 0 Å². The van der Waals surface area contributed by atoms with E-state index in [4.69, 9.17) is 5.11 Å². The van der Waals surface area contributed by atoms with Gasteiger partial charge in [-0.05, 0) is 27.2 Å². The fraction of sp³-hybridized carbons (Fsp3) is 0.500. The maximum absolute atomic E-state index is 10.9. The van der Waals surface area contributed by atoms with Crippen molar-refractivity contribution in [1.82, 2.24) is 0 Å². The Morgan fingerprint density at radius 1 is 1.54 bits per heavy atom. The maximum atomic E-state index is 10.9. The number of allylic oxidation sites excluding steroid dienone is 3. The second-order valence-electron chi connectivity index (χ2n) is 3.78. The van der Waals surface area contributed by atoms with Crippen LogP contribution < -0.4 is 0 Å².